The third-order valence-corrected chi connectivity index (χ3v) is 4.47. The summed E-state index contributed by atoms with van der Waals surface area (Å²) in [5.41, 5.74) is 0. The maximum absolute atomic E-state index is 11.9. The van der Waals surface area contributed by atoms with Crippen LogP contribution in [0, 0.1) is 5.92 Å². The summed E-state index contributed by atoms with van der Waals surface area (Å²) in [6.45, 7) is 8.92. The van der Waals surface area contributed by atoms with E-state index in [-0.39, 0.29) is 17.6 Å². The number of nitrogens with zero attached hydrogens (tertiary/aromatic N) is 1. The number of likely N-dealkylation sites (tertiary alicyclic amines) is 1. The predicted molar refractivity (Wildman–Crippen MR) is 81.1 cm³/mol. The molecule has 0 aromatic carbocycles. The largest absolute Gasteiger partial charge is 0.335 e. The summed E-state index contributed by atoms with van der Waals surface area (Å²) >= 11 is 1.79. The van der Waals surface area contributed by atoms with Crippen LogP contribution in [0.4, 0.5) is 0 Å². The van der Waals surface area contributed by atoms with E-state index in [2.05, 4.69) is 6.58 Å². The smallest absolute Gasteiger partial charge is 0.223 e. The molecule has 0 N–H and O–H groups in total. The number of hydrogen-bond donors (Lipinski definition) is 0. The Labute approximate surface area is 120 Å². The molecule has 108 valence electrons. The maximum atomic E-state index is 11.9. The van der Waals surface area contributed by atoms with Gasteiger partial charge < -0.3 is 4.90 Å². The van der Waals surface area contributed by atoms with E-state index in [9.17, 15) is 9.59 Å². The van der Waals surface area contributed by atoms with Crippen LogP contribution in [0.3, 0.4) is 0 Å². The van der Waals surface area contributed by atoms with Crippen LogP contribution in [0.1, 0.15) is 46.0 Å². The van der Waals surface area contributed by atoms with Crippen molar-refractivity contribution in [2.24, 2.45) is 5.92 Å². The monoisotopic (exact) mass is 283 g/mol. The van der Waals surface area contributed by atoms with Crippen molar-refractivity contribution < 1.29 is 9.59 Å². The van der Waals surface area contributed by atoms with Gasteiger partial charge in [-0.1, -0.05) is 19.9 Å². The Hall–Kier alpha value is -0.770. The molecule has 3 nitrogen and oxygen atoms in total. The molecule has 1 aliphatic heterocycles. The zero-order valence-electron chi connectivity index (χ0n) is 12.1. The molecule has 1 amide bonds. The molecule has 19 heavy (non-hydrogen) atoms. The van der Waals surface area contributed by atoms with E-state index >= 15 is 0 Å². The molecular formula is C15H25NO2S. The van der Waals surface area contributed by atoms with E-state index in [0.29, 0.717) is 13.0 Å². The summed E-state index contributed by atoms with van der Waals surface area (Å²) in [6, 6.07) is 0. The van der Waals surface area contributed by atoms with Gasteiger partial charge in [-0.05, 0) is 36.8 Å². The van der Waals surface area contributed by atoms with Crippen molar-refractivity contribution in [2.45, 2.75) is 46.0 Å². The van der Waals surface area contributed by atoms with Crippen LogP contribution < -0.4 is 0 Å². The van der Waals surface area contributed by atoms with E-state index in [1.165, 1.54) is 0 Å². The Kier molecular flexibility index (Phi) is 7.21. The van der Waals surface area contributed by atoms with Gasteiger partial charge in [0.05, 0.1) is 6.54 Å². The number of amides is 1. The molecule has 0 saturated carbocycles. The quantitative estimate of drug-likeness (QED) is 0.642. The summed E-state index contributed by atoms with van der Waals surface area (Å²) < 4.78 is 0. The van der Waals surface area contributed by atoms with Gasteiger partial charge >= 0.3 is 0 Å². The Morgan fingerprint density at radius 1 is 1.37 bits per heavy atom. The van der Waals surface area contributed by atoms with Crippen LogP contribution in [0.2, 0.25) is 0 Å². The van der Waals surface area contributed by atoms with Gasteiger partial charge in [-0.25, -0.2) is 0 Å². The van der Waals surface area contributed by atoms with Crippen molar-refractivity contribution in [3.8, 4) is 0 Å². The SMILES string of the molecule is C=C(C)SCCCCCN1CC(=O)C(CC)CC1=O. The maximum Gasteiger partial charge on any atom is 0.223 e. The molecule has 1 aliphatic rings. The van der Waals surface area contributed by atoms with E-state index in [4.69, 9.17) is 0 Å². The first kappa shape index (κ1) is 16.3. The van der Waals surface area contributed by atoms with E-state index in [0.717, 1.165) is 42.9 Å². The van der Waals surface area contributed by atoms with Crippen molar-refractivity contribution in [3.63, 3.8) is 0 Å². The van der Waals surface area contributed by atoms with Gasteiger partial charge in [0, 0.05) is 18.9 Å². The van der Waals surface area contributed by atoms with E-state index in [1.54, 1.807) is 16.7 Å². The van der Waals surface area contributed by atoms with Crippen LogP contribution in [-0.2, 0) is 9.59 Å². The van der Waals surface area contributed by atoms with Crippen LogP contribution >= 0.6 is 11.8 Å². The normalized spacial score (nSPS) is 19.9. The molecule has 1 rings (SSSR count). The van der Waals surface area contributed by atoms with Gasteiger partial charge in [0.15, 0.2) is 5.78 Å². The Bertz CT molecular complexity index is 341. The van der Waals surface area contributed by atoms with Crippen molar-refractivity contribution in [1.29, 1.82) is 0 Å². The molecule has 0 aromatic heterocycles. The highest BCUT2D eigenvalue weighted by Gasteiger charge is 2.30. The first-order valence-electron chi connectivity index (χ1n) is 7.13. The lowest BCUT2D eigenvalue weighted by molar-refractivity contribution is -0.144. The molecule has 1 fully saturated rings. The van der Waals surface area contributed by atoms with Crippen LogP contribution in [0.5, 0.6) is 0 Å². The molecule has 1 saturated heterocycles. The number of carbonyl (C=O) groups is 2. The number of hydrogen-bond acceptors (Lipinski definition) is 3. The lowest BCUT2D eigenvalue weighted by Gasteiger charge is -2.30. The number of rotatable bonds is 8. The van der Waals surface area contributed by atoms with Crippen molar-refractivity contribution in [1.82, 2.24) is 4.90 Å². The van der Waals surface area contributed by atoms with Gasteiger partial charge in [-0.3, -0.25) is 9.59 Å². The van der Waals surface area contributed by atoms with E-state index in [1.807, 2.05) is 13.8 Å². The fourth-order valence-corrected chi connectivity index (χ4v) is 2.96. The summed E-state index contributed by atoms with van der Waals surface area (Å²) in [5.74, 6) is 1.46. The first-order chi connectivity index (χ1) is 9.04. The fraction of sp³-hybridized carbons (Fsp3) is 0.733. The zero-order chi connectivity index (χ0) is 14.3. The second-order valence-electron chi connectivity index (χ2n) is 5.20. The minimum atomic E-state index is -0.0317. The number of thioether (sulfide) groups is 1. The van der Waals surface area contributed by atoms with Gasteiger partial charge in [0.25, 0.3) is 0 Å². The minimum Gasteiger partial charge on any atom is -0.335 e. The molecular weight excluding hydrogens is 258 g/mol. The molecule has 0 bridgehead atoms. The average molecular weight is 283 g/mol. The molecule has 1 atom stereocenters. The Morgan fingerprint density at radius 3 is 2.74 bits per heavy atom. The molecule has 0 aliphatic carbocycles. The van der Waals surface area contributed by atoms with Crippen molar-refractivity contribution >= 4 is 23.5 Å². The Morgan fingerprint density at radius 2 is 2.11 bits per heavy atom. The van der Waals surface area contributed by atoms with Crippen molar-refractivity contribution in [2.75, 3.05) is 18.8 Å². The number of ketones is 1. The zero-order valence-corrected chi connectivity index (χ0v) is 12.9. The van der Waals surface area contributed by atoms with Crippen LogP contribution in [0.15, 0.2) is 11.5 Å². The van der Waals surface area contributed by atoms with Gasteiger partial charge in [-0.15, -0.1) is 11.8 Å². The minimum absolute atomic E-state index is 0.0317. The lowest BCUT2D eigenvalue weighted by Crippen LogP contribution is -2.45. The standard InChI is InChI=1S/C15H25NO2S/c1-4-13-10-15(18)16(11-14(13)17)8-6-5-7-9-19-12(2)3/h13H,2,4-11H2,1,3H3. The topological polar surface area (TPSA) is 37.4 Å². The number of Topliss-reactive ketones (excluding diaryl/α,β-unsaturated/α-hetero) is 1. The molecule has 1 heterocycles. The highest BCUT2D eigenvalue weighted by molar-refractivity contribution is 8.03. The van der Waals surface area contributed by atoms with Crippen LogP contribution in [0.25, 0.3) is 0 Å². The molecule has 4 heteroatoms. The second-order valence-corrected chi connectivity index (χ2v) is 6.60. The van der Waals surface area contributed by atoms with E-state index < -0.39 is 0 Å². The molecule has 0 radical (unpaired) electrons. The summed E-state index contributed by atoms with van der Waals surface area (Å²) in [6.07, 6.45) is 4.45. The average Bonchev–Trinajstić information content (AvgIpc) is 2.36. The van der Waals surface area contributed by atoms with Gasteiger partial charge in [-0.2, -0.15) is 0 Å². The third kappa shape index (κ3) is 5.81. The lowest BCUT2D eigenvalue weighted by atomic mass is 9.92. The fourth-order valence-electron chi connectivity index (χ4n) is 2.26. The third-order valence-electron chi connectivity index (χ3n) is 3.49. The van der Waals surface area contributed by atoms with Gasteiger partial charge in [0.1, 0.15) is 0 Å². The van der Waals surface area contributed by atoms with Crippen molar-refractivity contribution in [3.05, 3.63) is 11.5 Å². The first-order valence-corrected chi connectivity index (χ1v) is 8.12. The number of allylic oxidation sites excluding steroid dienone is 1. The molecule has 0 spiro atoms. The number of carbonyl (C=O) groups excluding carboxylic acids is 2. The molecule has 1 unspecified atom stereocenters. The van der Waals surface area contributed by atoms with Gasteiger partial charge in [0.2, 0.25) is 5.91 Å². The van der Waals surface area contributed by atoms with Crippen LogP contribution in [-0.4, -0.2) is 35.4 Å². The number of piperidine rings is 1. The molecule has 0 aromatic rings. The summed E-state index contributed by atoms with van der Waals surface area (Å²) in [4.78, 5) is 26.6. The second kappa shape index (κ2) is 8.41. The summed E-state index contributed by atoms with van der Waals surface area (Å²) in [7, 11) is 0. The predicted octanol–water partition coefficient (Wildman–Crippen LogP) is 3.25. The highest BCUT2D eigenvalue weighted by atomic mass is 32.2. The highest BCUT2D eigenvalue weighted by Crippen LogP contribution is 2.19. The number of unbranched alkanes of at least 4 members (excludes halogenated alkanes) is 2. The Balaban J connectivity index is 2.17. The summed E-state index contributed by atoms with van der Waals surface area (Å²) in [5, 5.41) is 0.